The normalized spacial score (nSPS) is 31.6. The number of phenols is 1. The number of benzene rings is 1. The zero-order valence-corrected chi connectivity index (χ0v) is 25.7. The van der Waals surface area contributed by atoms with E-state index in [9.17, 15) is 37.5 Å². The fourth-order valence-corrected chi connectivity index (χ4v) is 8.46. The van der Waals surface area contributed by atoms with E-state index in [1.54, 1.807) is 6.08 Å². The van der Waals surface area contributed by atoms with Gasteiger partial charge >= 0.3 is 6.18 Å². The van der Waals surface area contributed by atoms with Gasteiger partial charge in [-0.05, 0) is 49.1 Å². The van der Waals surface area contributed by atoms with Gasteiger partial charge in [-0.3, -0.25) is 29.1 Å². The molecule has 1 saturated carbocycles. The van der Waals surface area contributed by atoms with Crippen molar-refractivity contribution in [2.45, 2.75) is 34.7 Å². The fourth-order valence-electron chi connectivity index (χ4n) is 7.04. The lowest BCUT2D eigenvalue weighted by molar-refractivity contribution is -0.141. The van der Waals surface area contributed by atoms with Crippen molar-refractivity contribution in [3.8, 4) is 5.75 Å². The van der Waals surface area contributed by atoms with Gasteiger partial charge in [-0.25, -0.2) is 4.98 Å². The molecule has 0 spiro atoms. The number of anilines is 1. The Morgan fingerprint density at radius 2 is 1.70 bits per heavy atom. The number of hydrogen-bond acceptors (Lipinski definition) is 7. The average molecular weight is 692 g/mol. The smallest absolute Gasteiger partial charge is 0.433 e. The third kappa shape index (κ3) is 4.03. The Kier molecular flexibility index (Phi) is 7.01. The number of fused-ring (bicyclic) bond motifs is 4. The molecule has 16 heteroatoms. The minimum absolute atomic E-state index is 0.0206. The summed E-state index contributed by atoms with van der Waals surface area (Å²) < 4.78 is 40.3. The van der Waals surface area contributed by atoms with E-state index < -0.39 is 74.7 Å². The van der Waals surface area contributed by atoms with E-state index in [0.29, 0.717) is 16.6 Å². The molecule has 1 aromatic heterocycles. The largest absolute Gasteiger partial charge is 0.508 e. The lowest BCUT2D eigenvalue weighted by Crippen LogP contribution is -2.60. The zero-order chi connectivity index (χ0) is 32.3. The van der Waals surface area contributed by atoms with Gasteiger partial charge in [0.1, 0.15) is 11.4 Å². The number of hydrazine groups is 1. The minimum atomic E-state index is -4.82. The van der Waals surface area contributed by atoms with Crippen molar-refractivity contribution in [3.63, 3.8) is 0 Å². The van der Waals surface area contributed by atoms with Crippen LogP contribution in [0.2, 0.25) is 10.0 Å². The minimum Gasteiger partial charge on any atom is -0.508 e. The maximum atomic E-state index is 14.1. The maximum Gasteiger partial charge on any atom is 0.433 e. The van der Waals surface area contributed by atoms with Gasteiger partial charge in [0.05, 0.1) is 16.9 Å². The van der Waals surface area contributed by atoms with Crippen LogP contribution in [-0.2, 0) is 25.4 Å². The van der Waals surface area contributed by atoms with Gasteiger partial charge in [0.2, 0.25) is 0 Å². The van der Waals surface area contributed by atoms with Crippen LogP contribution in [0.1, 0.15) is 30.0 Å². The molecule has 1 N–H and O–H groups in total. The molecule has 2 saturated heterocycles. The van der Waals surface area contributed by atoms with Crippen LogP contribution in [0.3, 0.4) is 0 Å². The Hall–Kier alpha value is -3.06. The van der Waals surface area contributed by atoms with Crippen molar-refractivity contribution >= 4 is 75.9 Å². The first-order chi connectivity index (χ1) is 20.4. The number of imide groups is 2. The van der Waals surface area contributed by atoms with Gasteiger partial charge in [0.25, 0.3) is 23.6 Å². The van der Waals surface area contributed by atoms with E-state index in [4.69, 9.17) is 46.4 Å². The molecule has 3 fully saturated rings. The van der Waals surface area contributed by atoms with Crippen molar-refractivity contribution < 1.29 is 37.5 Å². The Bertz CT molecular complexity index is 1710. The third-order valence-electron chi connectivity index (χ3n) is 9.02. The number of phenolic OH excluding ortho intramolecular Hbond substituents is 1. The Labute approximate surface area is 268 Å². The molecule has 2 aromatic rings. The number of likely N-dealkylation sites (tertiary alicyclic amines) is 1. The molecule has 6 unspecified atom stereocenters. The lowest BCUT2D eigenvalue weighted by atomic mass is 9.56. The molecule has 2 aliphatic heterocycles. The molecular formula is C28H21Cl4F3N4O5. The number of aromatic hydroxyl groups is 1. The van der Waals surface area contributed by atoms with Crippen LogP contribution in [0, 0.1) is 17.8 Å². The highest BCUT2D eigenvalue weighted by Crippen LogP contribution is 2.66. The number of allylic oxidation sites excluding steroid dienone is 2. The van der Waals surface area contributed by atoms with E-state index in [0.717, 1.165) is 16.0 Å². The second-order valence-corrected chi connectivity index (χ2v) is 13.3. The summed E-state index contributed by atoms with van der Waals surface area (Å²) in [6.45, 7) is 0. The molecule has 6 atom stereocenters. The molecule has 6 rings (SSSR count). The third-order valence-corrected chi connectivity index (χ3v) is 11.0. The summed E-state index contributed by atoms with van der Waals surface area (Å²) in [6, 6.07) is 5.72. The number of nitrogens with zero attached hydrogens (tertiary/aromatic N) is 4. The molecule has 44 heavy (non-hydrogen) atoms. The van der Waals surface area contributed by atoms with Crippen LogP contribution in [0.4, 0.5) is 19.0 Å². The number of alkyl halides is 5. The first kappa shape index (κ1) is 30.9. The number of rotatable bonds is 3. The van der Waals surface area contributed by atoms with Gasteiger partial charge in [0.15, 0.2) is 15.6 Å². The van der Waals surface area contributed by atoms with E-state index in [1.807, 2.05) is 0 Å². The number of hydrogen-bond donors (Lipinski definition) is 1. The number of halogens is 7. The quantitative estimate of drug-likeness (QED) is 0.269. The van der Waals surface area contributed by atoms with Gasteiger partial charge in [-0.15, -0.1) is 23.2 Å². The van der Waals surface area contributed by atoms with Gasteiger partial charge in [-0.1, -0.05) is 34.9 Å². The topological polar surface area (TPSA) is 111 Å². The predicted molar refractivity (Wildman–Crippen MR) is 153 cm³/mol. The summed E-state index contributed by atoms with van der Waals surface area (Å²) >= 11 is 26.5. The molecule has 1 aromatic carbocycles. The first-order valence-electron chi connectivity index (χ1n) is 13.2. The Morgan fingerprint density at radius 1 is 1.02 bits per heavy atom. The van der Waals surface area contributed by atoms with Crippen LogP contribution >= 0.6 is 46.4 Å². The monoisotopic (exact) mass is 690 g/mol. The standard InChI is InChI=1S/C28H21Cl4F3N4O5/c1-37-24(43)26(31)10-15-12(20(27(26,32)25(37)44)14-9-11(29)3-7-17(14)40)4-5-13-19(15)23(42)39(22(13)41)38(2)21-16(30)6-8-18(36-21)28(33,34)35/h3-4,6-9,13,15,19-20,40H,5,10H2,1-2H3. The maximum absolute atomic E-state index is 14.1. The summed E-state index contributed by atoms with van der Waals surface area (Å²) in [5, 5.41) is 12.4. The molecule has 232 valence electrons. The molecule has 4 aliphatic rings. The van der Waals surface area contributed by atoms with E-state index in [1.165, 1.54) is 32.3 Å². The molecule has 0 radical (unpaired) electrons. The predicted octanol–water partition coefficient (Wildman–Crippen LogP) is 5.15. The molecule has 2 aliphatic carbocycles. The van der Waals surface area contributed by atoms with E-state index in [-0.39, 0.29) is 34.2 Å². The number of amides is 4. The average Bonchev–Trinajstić information content (AvgIpc) is 3.28. The lowest BCUT2D eigenvalue weighted by Gasteiger charge is -2.50. The Balaban J connectivity index is 1.47. The highest BCUT2D eigenvalue weighted by atomic mass is 35.5. The van der Waals surface area contributed by atoms with Crippen molar-refractivity contribution in [1.29, 1.82) is 0 Å². The Morgan fingerprint density at radius 3 is 2.36 bits per heavy atom. The number of carbonyl (C=O) groups is 4. The van der Waals surface area contributed by atoms with Crippen LogP contribution in [0.25, 0.3) is 0 Å². The second-order valence-electron chi connectivity index (χ2n) is 11.2. The van der Waals surface area contributed by atoms with E-state index in [2.05, 4.69) is 4.98 Å². The number of aromatic nitrogens is 1. The highest BCUT2D eigenvalue weighted by Gasteiger charge is 2.76. The first-order valence-corrected chi connectivity index (χ1v) is 14.7. The van der Waals surface area contributed by atoms with Crippen molar-refractivity contribution in [2.75, 3.05) is 19.1 Å². The molecular weight excluding hydrogens is 671 g/mol. The summed E-state index contributed by atoms with van der Waals surface area (Å²) in [7, 11) is 2.41. The summed E-state index contributed by atoms with van der Waals surface area (Å²) in [5.41, 5.74) is -0.793. The second kappa shape index (κ2) is 9.97. The molecule has 3 heterocycles. The van der Waals surface area contributed by atoms with Crippen LogP contribution < -0.4 is 5.01 Å². The van der Waals surface area contributed by atoms with Gasteiger partial charge in [-0.2, -0.15) is 18.2 Å². The van der Waals surface area contributed by atoms with Crippen molar-refractivity contribution in [2.24, 2.45) is 17.8 Å². The SMILES string of the molecule is CN1C(=O)C2(Cl)CC3C(=CCC4C(=O)N(N(C)c5nc(C(F)(F)F)ccc5Cl)C(=O)C43)C(c3cc(Cl)ccc3O)C2(Cl)C1=O. The van der Waals surface area contributed by atoms with Crippen molar-refractivity contribution in [3.05, 3.63) is 63.3 Å². The summed E-state index contributed by atoms with van der Waals surface area (Å²) in [5.74, 6) is -8.26. The van der Waals surface area contributed by atoms with E-state index >= 15 is 0 Å². The molecule has 0 bridgehead atoms. The zero-order valence-electron chi connectivity index (χ0n) is 22.7. The summed E-state index contributed by atoms with van der Waals surface area (Å²) in [4.78, 5) is 55.1. The summed E-state index contributed by atoms with van der Waals surface area (Å²) in [6.07, 6.45) is -3.53. The van der Waals surface area contributed by atoms with Crippen LogP contribution in [0.5, 0.6) is 5.75 Å². The van der Waals surface area contributed by atoms with Crippen LogP contribution in [0.15, 0.2) is 42.0 Å². The molecule has 4 amide bonds. The van der Waals surface area contributed by atoms with Crippen molar-refractivity contribution in [1.82, 2.24) is 14.9 Å². The number of carbonyl (C=O) groups excluding carboxylic acids is 4. The van der Waals surface area contributed by atoms with Gasteiger partial charge < -0.3 is 5.11 Å². The number of pyridine rings is 1. The molecule has 9 nitrogen and oxygen atoms in total. The van der Waals surface area contributed by atoms with Crippen LogP contribution in [-0.4, -0.2) is 67.5 Å². The van der Waals surface area contributed by atoms with Gasteiger partial charge in [0, 0.05) is 30.6 Å². The fraction of sp³-hybridized carbons (Fsp3) is 0.393. The highest BCUT2D eigenvalue weighted by molar-refractivity contribution is 6.53.